The van der Waals surface area contributed by atoms with Crippen molar-refractivity contribution in [1.82, 2.24) is 4.98 Å². The molecule has 3 N–H and O–H groups in total. The average Bonchev–Trinajstić information content (AvgIpc) is 2.40. The largest absolute Gasteiger partial charge is 0.495 e. The fraction of sp³-hybridized carbons (Fsp3) is 0.0833. The van der Waals surface area contributed by atoms with Gasteiger partial charge in [-0.25, -0.2) is 17.8 Å². The van der Waals surface area contributed by atoms with E-state index in [4.69, 9.17) is 10.5 Å². The van der Waals surface area contributed by atoms with Gasteiger partial charge in [0.15, 0.2) is 0 Å². The molecule has 2 rings (SSSR count). The lowest BCUT2D eigenvalue weighted by atomic mass is 10.3. The molecular weight excluding hydrogens is 285 g/mol. The molecule has 0 aliphatic carbocycles. The Kier molecular flexibility index (Phi) is 3.75. The van der Waals surface area contributed by atoms with E-state index in [2.05, 4.69) is 9.71 Å². The Labute approximate surface area is 115 Å². The predicted octanol–water partition coefficient (Wildman–Crippen LogP) is 1.61. The summed E-state index contributed by atoms with van der Waals surface area (Å²) in [6.07, 6.45) is 0.915. The van der Waals surface area contributed by atoms with Gasteiger partial charge in [-0.1, -0.05) is 0 Å². The lowest BCUT2D eigenvalue weighted by Crippen LogP contribution is -2.15. The van der Waals surface area contributed by atoms with Crippen molar-refractivity contribution in [3.8, 4) is 5.75 Å². The summed E-state index contributed by atoms with van der Waals surface area (Å²) in [5, 5.41) is 0. The van der Waals surface area contributed by atoms with Gasteiger partial charge in [-0.15, -0.1) is 0 Å². The van der Waals surface area contributed by atoms with Crippen LogP contribution in [0.2, 0.25) is 0 Å². The van der Waals surface area contributed by atoms with Gasteiger partial charge in [0.25, 0.3) is 10.0 Å². The molecule has 0 aliphatic rings. The highest BCUT2D eigenvalue weighted by Gasteiger charge is 2.20. The zero-order valence-electron chi connectivity index (χ0n) is 10.5. The number of methoxy groups -OCH3 is 1. The molecule has 0 saturated carbocycles. The van der Waals surface area contributed by atoms with Gasteiger partial charge < -0.3 is 10.5 Å². The number of nitrogens with one attached hydrogen (secondary N) is 1. The van der Waals surface area contributed by atoms with Crippen LogP contribution < -0.4 is 15.2 Å². The second kappa shape index (κ2) is 5.33. The van der Waals surface area contributed by atoms with Crippen molar-refractivity contribution in [3.05, 3.63) is 42.3 Å². The fourth-order valence-corrected chi connectivity index (χ4v) is 2.70. The topological polar surface area (TPSA) is 94.3 Å². The molecule has 0 unspecified atom stereocenters. The molecule has 1 aromatic heterocycles. The lowest BCUT2D eigenvalue weighted by molar-refractivity contribution is 0.403. The Morgan fingerprint density at radius 2 is 2.05 bits per heavy atom. The average molecular weight is 297 g/mol. The molecule has 0 amide bonds. The maximum atomic E-state index is 12.7. The summed E-state index contributed by atoms with van der Waals surface area (Å²) in [7, 11) is -2.56. The molecule has 0 fully saturated rings. The first kappa shape index (κ1) is 14.1. The van der Waals surface area contributed by atoms with E-state index < -0.39 is 15.8 Å². The van der Waals surface area contributed by atoms with E-state index in [0.717, 1.165) is 12.3 Å². The van der Waals surface area contributed by atoms with Gasteiger partial charge in [-0.2, -0.15) is 0 Å². The standard InChI is InChI=1S/C12H12FN3O3S/c1-19-10-6-9(14)3-4-11(10)20(17,18)16-12-5-2-8(13)7-15-12/h2-7H,14H2,1H3,(H,15,16). The normalized spacial score (nSPS) is 11.1. The summed E-state index contributed by atoms with van der Waals surface area (Å²) >= 11 is 0. The molecule has 0 bridgehead atoms. The second-order valence-electron chi connectivity index (χ2n) is 3.88. The van der Waals surface area contributed by atoms with E-state index in [9.17, 15) is 12.8 Å². The van der Waals surface area contributed by atoms with Crippen LogP contribution in [0.15, 0.2) is 41.4 Å². The van der Waals surface area contributed by atoms with Crippen LogP contribution in [0.25, 0.3) is 0 Å². The lowest BCUT2D eigenvalue weighted by Gasteiger charge is -2.11. The van der Waals surface area contributed by atoms with Gasteiger partial charge >= 0.3 is 0 Å². The first-order chi connectivity index (χ1) is 9.42. The predicted molar refractivity (Wildman–Crippen MR) is 72.4 cm³/mol. The van der Waals surface area contributed by atoms with Crippen molar-refractivity contribution < 1.29 is 17.5 Å². The summed E-state index contributed by atoms with van der Waals surface area (Å²) in [6.45, 7) is 0. The molecule has 0 atom stereocenters. The summed E-state index contributed by atoms with van der Waals surface area (Å²) < 4.78 is 44.4. The minimum atomic E-state index is -3.90. The van der Waals surface area contributed by atoms with Crippen LogP contribution in [0.1, 0.15) is 0 Å². The Morgan fingerprint density at radius 3 is 2.65 bits per heavy atom. The van der Waals surface area contributed by atoms with Crippen molar-refractivity contribution in [3.63, 3.8) is 0 Å². The third-order valence-corrected chi connectivity index (χ3v) is 3.84. The first-order valence-corrected chi connectivity index (χ1v) is 6.98. The second-order valence-corrected chi connectivity index (χ2v) is 5.53. The number of nitrogens with zero attached hydrogens (tertiary/aromatic N) is 1. The SMILES string of the molecule is COc1cc(N)ccc1S(=O)(=O)Nc1ccc(F)cn1. The van der Waals surface area contributed by atoms with Crippen molar-refractivity contribution in [2.75, 3.05) is 17.6 Å². The fourth-order valence-electron chi connectivity index (χ4n) is 1.54. The number of halogens is 1. The molecule has 1 heterocycles. The number of aromatic nitrogens is 1. The highest BCUT2D eigenvalue weighted by molar-refractivity contribution is 7.92. The minimum Gasteiger partial charge on any atom is -0.495 e. The van der Waals surface area contributed by atoms with E-state index in [0.29, 0.717) is 5.69 Å². The van der Waals surface area contributed by atoms with Gasteiger partial charge in [0.1, 0.15) is 22.3 Å². The number of hydrogen-bond acceptors (Lipinski definition) is 5. The third kappa shape index (κ3) is 2.97. The number of anilines is 2. The van der Waals surface area contributed by atoms with Crippen LogP contribution in [0.4, 0.5) is 15.9 Å². The Balaban J connectivity index is 2.38. The molecule has 20 heavy (non-hydrogen) atoms. The minimum absolute atomic E-state index is 0.00489. The molecule has 0 saturated heterocycles. The summed E-state index contributed by atoms with van der Waals surface area (Å²) in [4.78, 5) is 3.55. The molecule has 0 aliphatic heterocycles. The third-order valence-electron chi connectivity index (χ3n) is 2.44. The van der Waals surface area contributed by atoms with Crippen LogP contribution >= 0.6 is 0 Å². The number of nitrogen functional groups attached to an aromatic ring is 1. The Bertz CT molecular complexity index is 717. The maximum Gasteiger partial charge on any atom is 0.266 e. The van der Waals surface area contributed by atoms with Gasteiger partial charge in [-0.05, 0) is 24.3 Å². The van der Waals surface area contributed by atoms with Crippen LogP contribution in [0.5, 0.6) is 5.75 Å². The Morgan fingerprint density at radius 1 is 1.30 bits per heavy atom. The summed E-state index contributed by atoms with van der Waals surface area (Å²) in [5.41, 5.74) is 5.94. The number of ether oxygens (including phenoxy) is 1. The molecule has 0 radical (unpaired) electrons. The van der Waals surface area contributed by atoms with E-state index in [1.54, 1.807) is 0 Å². The van der Waals surface area contributed by atoms with Crippen LogP contribution in [0.3, 0.4) is 0 Å². The van der Waals surface area contributed by atoms with E-state index in [1.165, 1.54) is 31.4 Å². The summed E-state index contributed by atoms with van der Waals surface area (Å²) in [6, 6.07) is 6.48. The Hall–Kier alpha value is -2.35. The van der Waals surface area contributed by atoms with E-state index >= 15 is 0 Å². The maximum absolute atomic E-state index is 12.7. The smallest absolute Gasteiger partial charge is 0.266 e. The highest BCUT2D eigenvalue weighted by Crippen LogP contribution is 2.27. The highest BCUT2D eigenvalue weighted by atomic mass is 32.2. The van der Waals surface area contributed by atoms with Crippen molar-refractivity contribution in [1.29, 1.82) is 0 Å². The molecule has 8 heteroatoms. The van der Waals surface area contributed by atoms with Gasteiger partial charge in [0.2, 0.25) is 0 Å². The van der Waals surface area contributed by atoms with Gasteiger partial charge in [0, 0.05) is 11.8 Å². The first-order valence-electron chi connectivity index (χ1n) is 5.50. The monoisotopic (exact) mass is 297 g/mol. The van der Waals surface area contributed by atoms with Crippen molar-refractivity contribution in [2.45, 2.75) is 4.90 Å². The van der Waals surface area contributed by atoms with Crippen LogP contribution in [0, 0.1) is 5.82 Å². The molecule has 1 aromatic carbocycles. The number of nitrogens with two attached hydrogens (primary N) is 1. The number of sulfonamides is 1. The summed E-state index contributed by atoms with van der Waals surface area (Å²) in [5.74, 6) is -0.442. The molecule has 106 valence electrons. The number of pyridine rings is 1. The van der Waals surface area contributed by atoms with Gasteiger partial charge in [-0.3, -0.25) is 4.72 Å². The molecule has 6 nitrogen and oxygen atoms in total. The van der Waals surface area contributed by atoms with Gasteiger partial charge in [0.05, 0.1) is 13.3 Å². The quantitative estimate of drug-likeness (QED) is 0.836. The molecule has 2 aromatic rings. The van der Waals surface area contributed by atoms with Crippen LogP contribution in [-0.4, -0.2) is 20.5 Å². The van der Waals surface area contributed by atoms with Crippen LogP contribution in [-0.2, 0) is 10.0 Å². The molecule has 0 spiro atoms. The molecular formula is C12H12FN3O3S. The van der Waals surface area contributed by atoms with Crippen molar-refractivity contribution >= 4 is 21.5 Å². The zero-order chi connectivity index (χ0) is 14.8. The number of hydrogen-bond donors (Lipinski definition) is 2. The van der Waals surface area contributed by atoms with Crippen molar-refractivity contribution in [2.24, 2.45) is 0 Å². The van der Waals surface area contributed by atoms with E-state index in [1.807, 2.05) is 0 Å². The van der Waals surface area contributed by atoms with E-state index in [-0.39, 0.29) is 16.5 Å². The number of benzene rings is 1. The number of rotatable bonds is 4. The zero-order valence-corrected chi connectivity index (χ0v) is 11.3.